The third-order valence-corrected chi connectivity index (χ3v) is 2.81. The Balaban J connectivity index is 2.14. The van der Waals surface area contributed by atoms with Gasteiger partial charge in [0, 0.05) is 19.3 Å². The standard InChI is InChI=1S/C12H14N2O4/c1-2-18-12(17)9-4-3-5-13-10(9)14-6-8(7-14)11(15)16/h3-5,8H,2,6-7H2,1H3,(H,15,16). The van der Waals surface area contributed by atoms with Crippen molar-refractivity contribution in [3.8, 4) is 0 Å². The van der Waals surface area contributed by atoms with Crippen molar-refractivity contribution in [3.05, 3.63) is 23.9 Å². The molecule has 18 heavy (non-hydrogen) atoms. The van der Waals surface area contributed by atoms with Gasteiger partial charge in [-0.3, -0.25) is 4.79 Å². The number of carboxylic acids is 1. The van der Waals surface area contributed by atoms with Crippen LogP contribution < -0.4 is 4.90 Å². The largest absolute Gasteiger partial charge is 0.481 e. The maximum Gasteiger partial charge on any atom is 0.341 e. The number of nitrogens with zero attached hydrogens (tertiary/aromatic N) is 2. The molecule has 0 atom stereocenters. The molecule has 0 aromatic carbocycles. The molecule has 1 aromatic rings. The molecule has 1 aliphatic heterocycles. The van der Waals surface area contributed by atoms with Crippen LogP contribution in [-0.4, -0.2) is 41.7 Å². The lowest BCUT2D eigenvalue weighted by molar-refractivity contribution is -0.142. The maximum absolute atomic E-state index is 11.7. The van der Waals surface area contributed by atoms with Crippen molar-refractivity contribution >= 4 is 17.8 Å². The second-order valence-electron chi connectivity index (χ2n) is 4.04. The first-order valence-electron chi connectivity index (χ1n) is 5.73. The van der Waals surface area contributed by atoms with Gasteiger partial charge < -0.3 is 14.7 Å². The number of carbonyl (C=O) groups excluding carboxylic acids is 1. The van der Waals surface area contributed by atoms with Crippen LogP contribution in [0.15, 0.2) is 18.3 Å². The molecule has 2 rings (SSSR count). The van der Waals surface area contributed by atoms with Crippen LogP contribution in [-0.2, 0) is 9.53 Å². The number of carboxylic acid groups (broad SMARTS) is 1. The van der Waals surface area contributed by atoms with Crippen molar-refractivity contribution in [1.29, 1.82) is 0 Å². The van der Waals surface area contributed by atoms with Gasteiger partial charge in [-0.15, -0.1) is 0 Å². The summed E-state index contributed by atoms with van der Waals surface area (Å²) in [5.41, 5.74) is 0.378. The molecule has 1 aromatic heterocycles. The molecule has 0 amide bonds. The second-order valence-corrected chi connectivity index (χ2v) is 4.04. The summed E-state index contributed by atoms with van der Waals surface area (Å²) in [6.07, 6.45) is 1.58. The summed E-state index contributed by atoms with van der Waals surface area (Å²) in [5, 5.41) is 8.82. The topological polar surface area (TPSA) is 79.7 Å². The molecule has 0 spiro atoms. The fourth-order valence-electron chi connectivity index (χ4n) is 1.82. The van der Waals surface area contributed by atoms with Crippen molar-refractivity contribution in [2.45, 2.75) is 6.92 Å². The highest BCUT2D eigenvalue weighted by molar-refractivity contribution is 5.95. The zero-order valence-corrected chi connectivity index (χ0v) is 10.00. The Morgan fingerprint density at radius 2 is 2.28 bits per heavy atom. The fraction of sp³-hybridized carbons (Fsp3) is 0.417. The molecule has 6 heteroatoms. The Morgan fingerprint density at radius 1 is 1.56 bits per heavy atom. The minimum absolute atomic E-state index is 0.297. The fourth-order valence-corrected chi connectivity index (χ4v) is 1.82. The number of ether oxygens (including phenoxy) is 1. The lowest BCUT2D eigenvalue weighted by Crippen LogP contribution is -2.51. The number of rotatable bonds is 4. The Bertz CT molecular complexity index is 469. The average molecular weight is 250 g/mol. The minimum Gasteiger partial charge on any atom is -0.481 e. The van der Waals surface area contributed by atoms with Crippen LogP contribution in [0.2, 0.25) is 0 Å². The van der Waals surface area contributed by atoms with E-state index in [2.05, 4.69) is 4.98 Å². The summed E-state index contributed by atoms with van der Waals surface area (Å²) in [7, 11) is 0. The van der Waals surface area contributed by atoms with Gasteiger partial charge in [0.25, 0.3) is 0 Å². The molecule has 1 N–H and O–H groups in total. The molecule has 0 bridgehead atoms. The highest BCUT2D eigenvalue weighted by atomic mass is 16.5. The van der Waals surface area contributed by atoms with Crippen molar-refractivity contribution in [3.63, 3.8) is 0 Å². The number of pyridine rings is 1. The summed E-state index contributed by atoms with van der Waals surface area (Å²) >= 11 is 0. The van der Waals surface area contributed by atoms with Gasteiger partial charge in [-0.2, -0.15) is 0 Å². The van der Waals surface area contributed by atoms with Crippen molar-refractivity contribution < 1.29 is 19.4 Å². The van der Waals surface area contributed by atoms with E-state index >= 15 is 0 Å². The zero-order chi connectivity index (χ0) is 13.1. The molecule has 0 aliphatic carbocycles. The number of hydrogen-bond donors (Lipinski definition) is 1. The van der Waals surface area contributed by atoms with Crippen LogP contribution in [0.5, 0.6) is 0 Å². The van der Waals surface area contributed by atoms with E-state index in [9.17, 15) is 9.59 Å². The normalized spacial score (nSPS) is 15.1. The van der Waals surface area contributed by atoms with E-state index in [-0.39, 0.29) is 5.92 Å². The number of esters is 1. The third-order valence-electron chi connectivity index (χ3n) is 2.81. The van der Waals surface area contributed by atoms with Gasteiger partial charge in [-0.05, 0) is 19.1 Å². The first kappa shape index (κ1) is 12.3. The predicted molar refractivity (Wildman–Crippen MR) is 63.5 cm³/mol. The molecular formula is C12H14N2O4. The van der Waals surface area contributed by atoms with Crippen LogP contribution in [0.3, 0.4) is 0 Å². The third kappa shape index (κ3) is 2.27. The molecule has 96 valence electrons. The molecule has 0 radical (unpaired) electrons. The number of aromatic nitrogens is 1. The molecule has 2 heterocycles. The Hall–Kier alpha value is -2.11. The van der Waals surface area contributed by atoms with E-state index in [4.69, 9.17) is 9.84 Å². The van der Waals surface area contributed by atoms with E-state index in [0.717, 1.165) is 0 Å². The Labute approximate surface area is 104 Å². The van der Waals surface area contributed by atoms with Crippen LogP contribution in [0.25, 0.3) is 0 Å². The number of anilines is 1. The number of carbonyl (C=O) groups is 2. The first-order valence-corrected chi connectivity index (χ1v) is 5.73. The van der Waals surface area contributed by atoms with Gasteiger partial charge in [0.05, 0.1) is 12.5 Å². The second kappa shape index (κ2) is 5.03. The molecule has 6 nitrogen and oxygen atoms in total. The minimum atomic E-state index is -0.820. The van der Waals surface area contributed by atoms with Gasteiger partial charge in [-0.25, -0.2) is 9.78 Å². The Kier molecular flexibility index (Phi) is 3.45. The highest BCUT2D eigenvalue weighted by Crippen LogP contribution is 2.26. The quantitative estimate of drug-likeness (QED) is 0.795. The molecule has 1 saturated heterocycles. The summed E-state index contributed by atoms with van der Waals surface area (Å²) in [6.45, 7) is 2.78. The smallest absolute Gasteiger partial charge is 0.341 e. The summed E-state index contributed by atoms with van der Waals surface area (Å²) in [6, 6.07) is 3.29. The van der Waals surface area contributed by atoms with Crippen LogP contribution >= 0.6 is 0 Å². The van der Waals surface area contributed by atoms with E-state index in [1.54, 1.807) is 30.2 Å². The molecule has 0 unspecified atom stereocenters. The van der Waals surface area contributed by atoms with Gasteiger partial charge in [0.15, 0.2) is 0 Å². The zero-order valence-electron chi connectivity index (χ0n) is 10.00. The molecule has 0 saturated carbocycles. The van der Waals surface area contributed by atoms with Crippen LogP contribution in [0.4, 0.5) is 5.82 Å². The van der Waals surface area contributed by atoms with E-state index in [1.807, 2.05) is 0 Å². The SMILES string of the molecule is CCOC(=O)c1cccnc1N1CC(C(=O)O)C1. The van der Waals surface area contributed by atoms with E-state index < -0.39 is 11.9 Å². The molecule has 1 aliphatic rings. The summed E-state index contributed by atoms with van der Waals surface area (Å²) in [5.74, 6) is -1.14. The summed E-state index contributed by atoms with van der Waals surface area (Å²) < 4.78 is 4.94. The van der Waals surface area contributed by atoms with Gasteiger partial charge in [0.2, 0.25) is 0 Å². The monoisotopic (exact) mass is 250 g/mol. The number of hydrogen-bond acceptors (Lipinski definition) is 5. The van der Waals surface area contributed by atoms with E-state index in [1.165, 1.54) is 0 Å². The average Bonchev–Trinajstić information content (AvgIpc) is 2.27. The van der Waals surface area contributed by atoms with Crippen molar-refractivity contribution in [2.75, 3.05) is 24.6 Å². The van der Waals surface area contributed by atoms with Crippen molar-refractivity contribution in [1.82, 2.24) is 4.98 Å². The lowest BCUT2D eigenvalue weighted by Gasteiger charge is -2.38. The van der Waals surface area contributed by atoms with E-state index in [0.29, 0.717) is 31.1 Å². The predicted octanol–water partition coefficient (Wildman–Crippen LogP) is 0.779. The van der Waals surface area contributed by atoms with Crippen LogP contribution in [0.1, 0.15) is 17.3 Å². The maximum atomic E-state index is 11.7. The van der Waals surface area contributed by atoms with Crippen LogP contribution in [0, 0.1) is 5.92 Å². The van der Waals surface area contributed by atoms with Gasteiger partial charge >= 0.3 is 11.9 Å². The molecular weight excluding hydrogens is 236 g/mol. The lowest BCUT2D eigenvalue weighted by atomic mass is 10.00. The van der Waals surface area contributed by atoms with Gasteiger partial charge in [0.1, 0.15) is 11.4 Å². The van der Waals surface area contributed by atoms with Gasteiger partial charge in [-0.1, -0.05) is 0 Å². The highest BCUT2D eigenvalue weighted by Gasteiger charge is 2.35. The summed E-state index contributed by atoms with van der Waals surface area (Å²) in [4.78, 5) is 28.4. The van der Waals surface area contributed by atoms with Crippen molar-refractivity contribution in [2.24, 2.45) is 5.92 Å². The number of aliphatic carboxylic acids is 1. The first-order chi connectivity index (χ1) is 8.63. The Morgan fingerprint density at radius 3 is 2.89 bits per heavy atom. The molecule has 1 fully saturated rings.